The monoisotopic (exact) mass is 690 g/mol. The van der Waals surface area contributed by atoms with Gasteiger partial charge in [0.1, 0.15) is 5.78 Å². The van der Waals surface area contributed by atoms with Crippen molar-refractivity contribution in [1.29, 1.82) is 0 Å². The fourth-order valence-electron chi connectivity index (χ4n) is 7.84. The zero-order valence-corrected chi connectivity index (χ0v) is 30.0. The van der Waals surface area contributed by atoms with E-state index in [0.717, 1.165) is 61.9 Å². The van der Waals surface area contributed by atoms with Crippen LogP contribution in [0.5, 0.6) is 11.5 Å². The number of aryl methyl sites for hydroxylation is 1. The predicted octanol–water partition coefficient (Wildman–Crippen LogP) is 7.40. The van der Waals surface area contributed by atoms with Gasteiger partial charge < -0.3 is 25.6 Å². The molecule has 51 heavy (non-hydrogen) atoms. The van der Waals surface area contributed by atoms with Gasteiger partial charge in [0.05, 0.1) is 18.0 Å². The van der Waals surface area contributed by atoms with E-state index in [1.54, 1.807) is 6.07 Å². The molecule has 1 fully saturated rings. The molecular formula is C43H54N4O4. The molecule has 0 amide bonds. The number of allylic oxidation sites excluding steroid dienone is 1. The zero-order valence-electron chi connectivity index (χ0n) is 30.0. The minimum atomic E-state index is -0.568. The summed E-state index contributed by atoms with van der Waals surface area (Å²) in [5.41, 5.74) is 14.7. The average molecular weight is 691 g/mol. The van der Waals surface area contributed by atoms with Crippen molar-refractivity contribution in [2.75, 3.05) is 19.8 Å². The van der Waals surface area contributed by atoms with Gasteiger partial charge in [0.25, 0.3) is 0 Å². The van der Waals surface area contributed by atoms with Gasteiger partial charge >= 0.3 is 0 Å². The first-order valence-electron chi connectivity index (χ1n) is 18.9. The average Bonchev–Trinajstić information content (AvgIpc) is 3.89. The standard InChI is InChI=1S/C43H54N4O4/c1-2-3-5-15-35(48)26-36(49)18-16-32-17-19-40(50)41(24-32)51-30-47-28-37-38(27-46-39(37)29-47)43(21-8-9-22-43)34-14-10-13-33(25-34)42(44)45-23-20-31-11-6-4-7-12-31/h4,6-7,10-14,17,19,24-25,27,29,35,42,45,48,50H,2-3,5,8-9,15-16,18,20-23,26,28,30,44H2,1H3/t35-,42-/m1/s1. The van der Waals surface area contributed by atoms with Crippen molar-refractivity contribution in [3.63, 3.8) is 0 Å². The smallest absolute Gasteiger partial charge is 0.163 e. The third-order valence-corrected chi connectivity index (χ3v) is 10.7. The number of hydrogen-bond donors (Lipinski definition) is 4. The number of hydrogen-bond acceptors (Lipinski definition) is 8. The number of nitrogens with two attached hydrogens (primary N) is 1. The highest BCUT2D eigenvalue weighted by atomic mass is 16.5. The second-order valence-corrected chi connectivity index (χ2v) is 14.5. The number of aliphatic hydroxyl groups is 1. The SMILES string of the molecule is CCCCC[C@@H](O)CC(=O)CCc1ccc(O)c(OCN2C=C3N=CC(C4(c5cccc([C@H](N)NCCc6ccccc6)c5)CCCC4)=C3C2)c1. The van der Waals surface area contributed by atoms with Crippen LogP contribution in [0.1, 0.15) is 99.6 Å². The van der Waals surface area contributed by atoms with Gasteiger partial charge in [-0.2, -0.15) is 0 Å². The number of nitrogens with zero attached hydrogens (tertiary/aromatic N) is 2. The number of aliphatic hydroxyl groups excluding tert-OH is 1. The number of carbonyl (C=O) groups is 1. The number of aromatic hydroxyl groups is 1. The van der Waals surface area contributed by atoms with Crippen molar-refractivity contribution < 1.29 is 19.7 Å². The Bertz CT molecular complexity index is 1730. The number of benzene rings is 3. The van der Waals surface area contributed by atoms with Crippen molar-refractivity contribution in [2.24, 2.45) is 10.7 Å². The van der Waals surface area contributed by atoms with Crippen LogP contribution in [0.15, 0.2) is 101 Å². The summed E-state index contributed by atoms with van der Waals surface area (Å²) in [7, 11) is 0. The number of fused-ring (bicyclic) bond motifs is 1. The Morgan fingerprint density at radius 2 is 1.84 bits per heavy atom. The van der Waals surface area contributed by atoms with Crippen LogP contribution in [-0.4, -0.2) is 53.0 Å². The molecule has 0 saturated heterocycles. The lowest BCUT2D eigenvalue weighted by atomic mass is 9.71. The lowest BCUT2D eigenvalue weighted by Gasteiger charge is -2.32. The molecule has 5 N–H and O–H groups in total. The fourth-order valence-corrected chi connectivity index (χ4v) is 7.84. The summed E-state index contributed by atoms with van der Waals surface area (Å²) in [6, 6.07) is 24.5. The number of carbonyl (C=O) groups excluding carboxylic acids is 1. The largest absolute Gasteiger partial charge is 0.504 e. The molecule has 3 aromatic rings. The molecule has 2 aliphatic heterocycles. The Labute approximate surface area is 303 Å². The van der Waals surface area contributed by atoms with Crippen LogP contribution in [-0.2, 0) is 23.1 Å². The molecule has 3 aliphatic rings. The summed E-state index contributed by atoms with van der Waals surface area (Å²) in [6.45, 7) is 3.88. The van der Waals surface area contributed by atoms with Gasteiger partial charge in [0.2, 0.25) is 0 Å². The second-order valence-electron chi connectivity index (χ2n) is 14.5. The van der Waals surface area contributed by atoms with Crippen LogP contribution in [0.4, 0.5) is 0 Å². The normalized spacial score (nSPS) is 17.5. The van der Waals surface area contributed by atoms with Gasteiger partial charge in [-0.1, -0.05) is 99.7 Å². The molecule has 6 rings (SSSR count). The Hall–Kier alpha value is -4.24. The second kappa shape index (κ2) is 17.3. The van der Waals surface area contributed by atoms with Gasteiger partial charge in [0, 0.05) is 49.3 Å². The highest BCUT2D eigenvalue weighted by Gasteiger charge is 2.43. The number of rotatable bonds is 19. The van der Waals surface area contributed by atoms with Crippen molar-refractivity contribution in [1.82, 2.24) is 10.2 Å². The molecule has 8 heteroatoms. The molecule has 0 spiro atoms. The lowest BCUT2D eigenvalue weighted by Crippen LogP contribution is -2.32. The summed E-state index contributed by atoms with van der Waals surface area (Å²) < 4.78 is 6.14. The summed E-state index contributed by atoms with van der Waals surface area (Å²) in [6.07, 6.45) is 13.6. The molecule has 0 radical (unpaired) electrons. The third kappa shape index (κ3) is 9.17. The Morgan fingerprint density at radius 3 is 2.65 bits per heavy atom. The van der Waals surface area contributed by atoms with Crippen molar-refractivity contribution in [3.8, 4) is 11.5 Å². The van der Waals surface area contributed by atoms with Gasteiger partial charge in [-0.15, -0.1) is 0 Å². The summed E-state index contributed by atoms with van der Waals surface area (Å²) >= 11 is 0. The molecule has 3 aromatic carbocycles. The molecule has 0 unspecified atom stereocenters. The quantitative estimate of drug-likeness (QED) is 0.0764. The number of aliphatic imine (C=N–C) groups is 1. The number of nitrogens with one attached hydrogen (secondary N) is 1. The molecule has 0 bridgehead atoms. The van der Waals surface area contributed by atoms with Crippen molar-refractivity contribution >= 4 is 12.0 Å². The van der Waals surface area contributed by atoms with Crippen LogP contribution in [0, 0.1) is 0 Å². The van der Waals surface area contributed by atoms with E-state index in [4.69, 9.17) is 15.5 Å². The van der Waals surface area contributed by atoms with Gasteiger partial charge in [-0.3, -0.25) is 15.1 Å². The Kier molecular flexibility index (Phi) is 12.4. The van der Waals surface area contributed by atoms with E-state index in [0.29, 0.717) is 31.6 Å². The number of phenolic OH excluding ortho intramolecular Hbond substituents is 1. The van der Waals surface area contributed by atoms with Crippen LogP contribution < -0.4 is 15.8 Å². The number of ether oxygens (including phenoxy) is 1. The van der Waals surface area contributed by atoms with Gasteiger partial charge in [0.15, 0.2) is 18.2 Å². The summed E-state index contributed by atoms with van der Waals surface area (Å²) in [4.78, 5) is 19.5. The molecule has 2 atom stereocenters. The van der Waals surface area contributed by atoms with E-state index in [-0.39, 0.29) is 36.3 Å². The van der Waals surface area contributed by atoms with E-state index in [1.165, 1.54) is 35.1 Å². The highest BCUT2D eigenvalue weighted by Crippen LogP contribution is 2.50. The molecule has 270 valence electrons. The first-order chi connectivity index (χ1) is 24.8. The number of Topliss-reactive ketones (excluding diaryl/α,β-unsaturated/α-hetero) is 1. The van der Waals surface area contributed by atoms with Gasteiger partial charge in [-0.25, -0.2) is 0 Å². The Morgan fingerprint density at radius 1 is 1.02 bits per heavy atom. The number of unbranched alkanes of at least 4 members (excludes halogenated alkanes) is 2. The molecule has 1 saturated carbocycles. The predicted molar refractivity (Wildman–Crippen MR) is 204 cm³/mol. The van der Waals surface area contributed by atoms with E-state index >= 15 is 0 Å². The van der Waals surface area contributed by atoms with Crippen molar-refractivity contribution in [3.05, 3.63) is 118 Å². The minimum Gasteiger partial charge on any atom is -0.504 e. The van der Waals surface area contributed by atoms with E-state index in [1.807, 2.05) is 18.2 Å². The maximum Gasteiger partial charge on any atom is 0.163 e. The summed E-state index contributed by atoms with van der Waals surface area (Å²) in [5.74, 6) is 0.518. The van der Waals surface area contributed by atoms with Crippen LogP contribution in [0.25, 0.3) is 0 Å². The van der Waals surface area contributed by atoms with E-state index in [2.05, 4.69) is 78.1 Å². The topological polar surface area (TPSA) is 120 Å². The molecule has 8 nitrogen and oxygen atoms in total. The van der Waals surface area contributed by atoms with Crippen LogP contribution >= 0.6 is 0 Å². The minimum absolute atomic E-state index is 0.0551. The maximum absolute atomic E-state index is 12.5. The highest BCUT2D eigenvalue weighted by molar-refractivity contribution is 5.90. The van der Waals surface area contributed by atoms with E-state index in [9.17, 15) is 15.0 Å². The molecule has 2 heterocycles. The molecule has 0 aromatic heterocycles. The third-order valence-electron chi connectivity index (χ3n) is 10.7. The number of phenols is 1. The molecular weight excluding hydrogens is 636 g/mol. The maximum atomic E-state index is 12.5. The van der Waals surface area contributed by atoms with E-state index < -0.39 is 6.10 Å². The fraction of sp³-hybridized carbons (Fsp3) is 0.442. The first kappa shape index (κ1) is 36.5. The summed E-state index contributed by atoms with van der Waals surface area (Å²) in [5, 5.41) is 24.3. The number of ketones is 1. The first-order valence-corrected chi connectivity index (χ1v) is 18.9. The van der Waals surface area contributed by atoms with Crippen LogP contribution in [0.2, 0.25) is 0 Å². The van der Waals surface area contributed by atoms with Crippen molar-refractivity contribution in [2.45, 2.75) is 102 Å². The Balaban J connectivity index is 1.07. The lowest BCUT2D eigenvalue weighted by molar-refractivity contribution is -0.121. The van der Waals surface area contributed by atoms with Crippen LogP contribution in [0.3, 0.4) is 0 Å². The van der Waals surface area contributed by atoms with Gasteiger partial charge in [-0.05, 0) is 72.1 Å². The molecule has 1 aliphatic carbocycles. The zero-order chi connectivity index (χ0) is 35.6.